The molecule has 5 heteroatoms. The van der Waals surface area contributed by atoms with Crippen molar-refractivity contribution in [2.45, 2.75) is 33.0 Å². The molecule has 19 heavy (non-hydrogen) atoms. The van der Waals surface area contributed by atoms with Gasteiger partial charge in [0.1, 0.15) is 11.5 Å². The molecule has 0 amide bonds. The van der Waals surface area contributed by atoms with Crippen LogP contribution in [0.2, 0.25) is 0 Å². The SMILES string of the molecule is CCC(F)(F)OCc1nc(-c2ccccc2)oc1C. The molecule has 1 aromatic heterocycles. The van der Waals surface area contributed by atoms with Crippen LogP contribution in [-0.4, -0.2) is 11.1 Å². The number of hydrogen-bond donors (Lipinski definition) is 0. The van der Waals surface area contributed by atoms with Gasteiger partial charge >= 0.3 is 6.11 Å². The lowest BCUT2D eigenvalue weighted by Crippen LogP contribution is -2.19. The summed E-state index contributed by atoms with van der Waals surface area (Å²) < 4.78 is 36.0. The van der Waals surface area contributed by atoms with E-state index in [1.807, 2.05) is 30.3 Å². The van der Waals surface area contributed by atoms with E-state index in [1.54, 1.807) is 6.92 Å². The molecule has 0 N–H and O–H groups in total. The fraction of sp³-hybridized carbons (Fsp3) is 0.357. The van der Waals surface area contributed by atoms with Gasteiger partial charge in [0, 0.05) is 12.0 Å². The molecule has 0 aliphatic heterocycles. The fourth-order valence-corrected chi connectivity index (χ4v) is 1.54. The maximum atomic E-state index is 13.0. The van der Waals surface area contributed by atoms with Crippen LogP contribution in [0.1, 0.15) is 24.8 Å². The molecular weight excluding hydrogens is 252 g/mol. The Kier molecular flexibility index (Phi) is 3.95. The van der Waals surface area contributed by atoms with Crippen molar-refractivity contribution in [2.24, 2.45) is 0 Å². The first-order valence-corrected chi connectivity index (χ1v) is 6.05. The standard InChI is InChI=1S/C14H15F2NO2/c1-3-14(15,16)18-9-12-10(2)19-13(17-12)11-7-5-4-6-8-11/h4-8H,3,9H2,1-2H3. The Hall–Kier alpha value is -1.75. The smallest absolute Gasteiger partial charge is 0.355 e. The normalized spacial score (nSPS) is 11.8. The van der Waals surface area contributed by atoms with Crippen LogP contribution in [-0.2, 0) is 11.3 Å². The van der Waals surface area contributed by atoms with Gasteiger partial charge in [-0.1, -0.05) is 25.1 Å². The lowest BCUT2D eigenvalue weighted by atomic mass is 10.2. The summed E-state index contributed by atoms with van der Waals surface area (Å²) in [6, 6.07) is 9.28. The molecular formula is C14H15F2NO2. The first-order chi connectivity index (χ1) is 9.02. The number of halogens is 2. The van der Waals surface area contributed by atoms with Gasteiger partial charge in [0.05, 0.1) is 6.61 Å². The Labute approximate surface area is 110 Å². The summed E-state index contributed by atoms with van der Waals surface area (Å²) >= 11 is 0. The minimum Gasteiger partial charge on any atom is -0.441 e. The van der Waals surface area contributed by atoms with Crippen LogP contribution in [0.5, 0.6) is 0 Å². The summed E-state index contributed by atoms with van der Waals surface area (Å²) in [6.45, 7) is 2.79. The molecule has 0 fully saturated rings. The van der Waals surface area contributed by atoms with Gasteiger partial charge in [-0.15, -0.1) is 0 Å². The van der Waals surface area contributed by atoms with E-state index in [0.717, 1.165) is 5.56 Å². The first kappa shape index (κ1) is 13.7. The van der Waals surface area contributed by atoms with Gasteiger partial charge in [-0.3, -0.25) is 0 Å². The topological polar surface area (TPSA) is 35.3 Å². The molecule has 0 saturated heterocycles. The Balaban J connectivity index is 2.14. The zero-order valence-corrected chi connectivity index (χ0v) is 10.8. The number of aromatic nitrogens is 1. The Morgan fingerprint density at radius 2 is 1.95 bits per heavy atom. The van der Waals surface area contributed by atoms with Gasteiger partial charge in [-0.05, 0) is 19.1 Å². The summed E-state index contributed by atoms with van der Waals surface area (Å²) in [6.07, 6.45) is -3.49. The van der Waals surface area contributed by atoms with E-state index in [1.165, 1.54) is 6.92 Å². The second-order valence-corrected chi connectivity index (χ2v) is 4.17. The highest BCUT2D eigenvalue weighted by atomic mass is 19.3. The number of ether oxygens (including phenoxy) is 1. The molecule has 102 valence electrons. The van der Waals surface area contributed by atoms with E-state index in [9.17, 15) is 8.78 Å². The lowest BCUT2D eigenvalue weighted by Gasteiger charge is -2.13. The van der Waals surface area contributed by atoms with E-state index in [4.69, 9.17) is 4.42 Å². The lowest BCUT2D eigenvalue weighted by molar-refractivity contribution is -0.247. The number of nitrogens with zero attached hydrogens (tertiary/aromatic N) is 1. The molecule has 2 rings (SSSR count). The number of rotatable bonds is 5. The van der Waals surface area contributed by atoms with Gasteiger partial charge in [0.15, 0.2) is 0 Å². The molecule has 0 spiro atoms. The maximum absolute atomic E-state index is 13.0. The second kappa shape index (κ2) is 5.48. The molecule has 0 bridgehead atoms. The van der Waals surface area contributed by atoms with E-state index in [-0.39, 0.29) is 13.0 Å². The van der Waals surface area contributed by atoms with Crippen molar-refractivity contribution in [3.63, 3.8) is 0 Å². The summed E-state index contributed by atoms with van der Waals surface area (Å²) in [5.41, 5.74) is 1.20. The summed E-state index contributed by atoms with van der Waals surface area (Å²) in [7, 11) is 0. The largest absolute Gasteiger partial charge is 0.441 e. The van der Waals surface area contributed by atoms with Crippen molar-refractivity contribution in [2.75, 3.05) is 0 Å². The fourth-order valence-electron chi connectivity index (χ4n) is 1.54. The number of aryl methyl sites for hydroxylation is 1. The Morgan fingerprint density at radius 1 is 1.26 bits per heavy atom. The minimum atomic E-state index is -3.13. The van der Waals surface area contributed by atoms with Gasteiger partial charge in [0.25, 0.3) is 0 Å². The van der Waals surface area contributed by atoms with Crippen molar-refractivity contribution in [1.29, 1.82) is 0 Å². The van der Waals surface area contributed by atoms with Crippen LogP contribution >= 0.6 is 0 Å². The Morgan fingerprint density at radius 3 is 2.58 bits per heavy atom. The van der Waals surface area contributed by atoms with Crippen LogP contribution in [0.25, 0.3) is 11.5 Å². The summed E-state index contributed by atoms with van der Waals surface area (Å²) in [4.78, 5) is 4.19. The quantitative estimate of drug-likeness (QED) is 0.815. The molecule has 3 nitrogen and oxygen atoms in total. The molecule has 0 aliphatic carbocycles. The van der Waals surface area contributed by atoms with Gasteiger partial charge in [-0.2, -0.15) is 8.78 Å². The van der Waals surface area contributed by atoms with Crippen LogP contribution in [0.3, 0.4) is 0 Å². The summed E-state index contributed by atoms with van der Waals surface area (Å²) in [5, 5.41) is 0. The third-order valence-corrected chi connectivity index (χ3v) is 2.75. The summed E-state index contributed by atoms with van der Waals surface area (Å²) in [5.74, 6) is 0.905. The van der Waals surface area contributed by atoms with Crippen molar-refractivity contribution < 1.29 is 17.9 Å². The maximum Gasteiger partial charge on any atom is 0.355 e. The van der Waals surface area contributed by atoms with Gasteiger partial charge in [0.2, 0.25) is 5.89 Å². The molecule has 1 aromatic carbocycles. The van der Waals surface area contributed by atoms with E-state index >= 15 is 0 Å². The third-order valence-electron chi connectivity index (χ3n) is 2.75. The van der Waals surface area contributed by atoms with E-state index < -0.39 is 6.11 Å². The highest BCUT2D eigenvalue weighted by molar-refractivity contribution is 5.53. The second-order valence-electron chi connectivity index (χ2n) is 4.17. The zero-order valence-electron chi connectivity index (χ0n) is 10.8. The average Bonchev–Trinajstić information content (AvgIpc) is 2.79. The molecule has 0 aliphatic rings. The minimum absolute atomic E-state index is 0.261. The predicted octanol–water partition coefficient (Wildman–Crippen LogP) is 4.17. The Bertz CT molecular complexity index is 538. The average molecular weight is 267 g/mol. The van der Waals surface area contributed by atoms with Crippen LogP contribution in [0.15, 0.2) is 34.7 Å². The van der Waals surface area contributed by atoms with E-state index in [0.29, 0.717) is 17.3 Å². The van der Waals surface area contributed by atoms with E-state index in [2.05, 4.69) is 9.72 Å². The highest BCUT2D eigenvalue weighted by Crippen LogP contribution is 2.25. The number of alkyl halides is 2. The highest BCUT2D eigenvalue weighted by Gasteiger charge is 2.28. The van der Waals surface area contributed by atoms with Crippen molar-refractivity contribution >= 4 is 0 Å². The molecule has 0 radical (unpaired) electrons. The first-order valence-electron chi connectivity index (χ1n) is 6.05. The number of oxazole rings is 1. The monoisotopic (exact) mass is 267 g/mol. The van der Waals surface area contributed by atoms with Crippen LogP contribution in [0.4, 0.5) is 8.78 Å². The van der Waals surface area contributed by atoms with Gasteiger partial charge in [-0.25, -0.2) is 4.98 Å². The van der Waals surface area contributed by atoms with Crippen molar-refractivity contribution in [1.82, 2.24) is 4.98 Å². The van der Waals surface area contributed by atoms with Crippen molar-refractivity contribution in [3.05, 3.63) is 41.8 Å². The number of benzene rings is 1. The van der Waals surface area contributed by atoms with Crippen LogP contribution in [0, 0.1) is 6.92 Å². The molecule has 0 unspecified atom stereocenters. The molecule has 2 aromatic rings. The van der Waals surface area contributed by atoms with Gasteiger partial charge < -0.3 is 9.15 Å². The molecule has 1 heterocycles. The predicted molar refractivity (Wildman–Crippen MR) is 66.7 cm³/mol. The van der Waals surface area contributed by atoms with Crippen molar-refractivity contribution in [3.8, 4) is 11.5 Å². The molecule has 0 atom stereocenters. The third kappa shape index (κ3) is 3.38. The molecule has 0 saturated carbocycles. The van der Waals surface area contributed by atoms with Crippen LogP contribution < -0.4 is 0 Å². The zero-order chi connectivity index (χ0) is 13.9. The number of hydrogen-bond acceptors (Lipinski definition) is 3.